The summed E-state index contributed by atoms with van der Waals surface area (Å²) in [6.45, 7) is 9.75. The van der Waals surface area contributed by atoms with E-state index >= 15 is 0 Å². The highest BCUT2D eigenvalue weighted by Gasteiger charge is 2.24. The maximum atomic E-state index is 6.02. The van der Waals surface area contributed by atoms with Crippen molar-refractivity contribution in [2.45, 2.75) is 58.2 Å². The zero-order valence-corrected chi connectivity index (χ0v) is 18.2. The van der Waals surface area contributed by atoms with E-state index in [9.17, 15) is 0 Å². The number of aromatic nitrogens is 1. The Labute approximate surface area is 175 Å². The molecule has 2 N–H and O–H groups in total. The van der Waals surface area contributed by atoms with E-state index in [1.165, 1.54) is 12.8 Å². The zero-order chi connectivity index (χ0) is 20.5. The zero-order valence-electron chi connectivity index (χ0n) is 18.2. The van der Waals surface area contributed by atoms with Crippen LogP contribution in [-0.2, 0) is 11.3 Å². The molecule has 3 rings (SSSR count). The molecule has 2 heterocycles. The van der Waals surface area contributed by atoms with Gasteiger partial charge in [0.1, 0.15) is 6.10 Å². The summed E-state index contributed by atoms with van der Waals surface area (Å²) in [5, 5.41) is 6.92. The van der Waals surface area contributed by atoms with Crippen molar-refractivity contribution in [2.75, 3.05) is 39.9 Å². The Morgan fingerprint density at radius 1 is 1.28 bits per heavy atom. The van der Waals surface area contributed by atoms with Gasteiger partial charge in [-0.3, -0.25) is 9.89 Å². The predicted molar refractivity (Wildman–Crippen MR) is 116 cm³/mol. The van der Waals surface area contributed by atoms with Crippen LogP contribution in [0.3, 0.4) is 0 Å². The van der Waals surface area contributed by atoms with E-state index < -0.39 is 0 Å². The van der Waals surface area contributed by atoms with Crippen molar-refractivity contribution in [3.05, 3.63) is 23.9 Å². The molecule has 1 saturated heterocycles. The molecule has 1 aliphatic carbocycles. The molecule has 1 aromatic heterocycles. The molecule has 2 aliphatic rings. The lowest BCUT2D eigenvalue weighted by molar-refractivity contribution is 0.00752. The molecule has 0 bridgehead atoms. The van der Waals surface area contributed by atoms with Gasteiger partial charge in [0.2, 0.25) is 5.88 Å². The number of ether oxygens (including phenoxy) is 2. The molecule has 7 heteroatoms. The number of nitrogens with zero attached hydrogens (tertiary/aromatic N) is 3. The van der Waals surface area contributed by atoms with Gasteiger partial charge in [-0.25, -0.2) is 4.98 Å². The van der Waals surface area contributed by atoms with Crippen molar-refractivity contribution < 1.29 is 9.47 Å². The van der Waals surface area contributed by atoms with E-state index in [1.807, 2.05) is 25.4 Å². The van der Waals surface area contributed by atoms with Crippen molar-refractivity contribution in [2.24, 2.45) is 10.9 Å². The molecule has 0 radical (unpaired) electrons. The van der Waals surface area contributed by atoms with E-state index in [0.29, 0.717) is 24.6 Å². The Kier molecular flexibility index (Phi) is 8.55. The SMILES string of the molecule is CN=C(NCc1ccnc(OC2CCCC2)c1)NCC(C(C)C)N1CCOCC1. The minimum atomic E-state index is 0.327. The minimum absolute atomic E-state index is 0.327. The van der Waals surface area contributed by atoms with Gasteiger partial charge in [-0.2, -0.15) is 0 Å². The van der Waals surface area contributed by atoms with Crippen LogP contribution >= 0.6 is 0 Å². The molecule has 1 saturated carbocycles. The van der Waals surface area contributed by atoms with Crippen molar-refractivity contribution in [1.82, 2.24) is 20.5 Å². The lowest BCUT2D eigenvalue weighted by Gasteiger charge is -2.37. The highest BCUT2D eigenvalue weighted by atomic mass is 16.5. The standard InChI is InChI=1S/C22H37N5O2/c1-17(2)20(27-10-12-28-13-11-27)16-26-22(23-3)25-15-18-8-9-24-21(14-18)29-19-6-4-5-7-19/h8-9,14,17,19-20H,4-7,10-13,15-16H2,1-3H3,(H2,23,25,26). The molecule has 0 amide bonds. The van der Waals surface area contributed by atoms with Gasteiger partial charge in [0.15, 0.2) is 5.96 Å². The van der Waals surface area contributed by atoms with Gasteiger partial charge in [-0.15, -0.1) is 0 Å². The predicted octanol–water partition coefficient (Wildman–Crippen LogP) is 2.42. The number of hydrogen-bond donors (Lipinski definition) is 2. The summed E-state index contributed by atoms with van der Waals surface area (Å²) >= 11 is 0. The first-order valence-corrected chi connectivity index (χ1v) is 11.0. The second-order valence-corrected chi connectivity index (χ2v) is 8.29. The Bertz CT molecular complexity index is 640. The third-order valence-electron chi connectivity index (χ3n) is 5.84. The lowest BCUT2D eigenvalue weighted by Crippen LogP contribution is -2.52. The fraction of sp³-hybridized carbons (Fsp3) is 0.727. The van der Waals surface area contributed by atoms with Crippen molar-refractivity contribution in [1.29, 1.82) is 0 Å². The monoisotopic (exact) mass is 403 g/mol. The topological polar surface area (TPSA) is 71.0 Å². The van der Waals surface area contributed by atoms with Crippen LogP contribution in [0.1, 0.15) is 45.1 Å². The lowest BCUT2D eigenvalue weighted by atomic mass is 10.0. The molecular weight excluding hydrogens is 366 g/mol. The van der Waals surface area contributed by atoms with Crippen LogP contribution in [0.15, 0.2) is 23.3 Å². The molecule has 1 aliphatic heterocycles. The fourth-order valence-corrected chi connectivity index (χ4v) is 4.11. The Hall–Kier alpha value is -1.86. The van der Waals surface area contributed by atoms with Crippen molar-refractivity contribution >= 4 is 5.96 Å². The van der Waals surface area contributed by atoms with Crippen LogP contribution in [0.4, 0.5) is 0 Å². The number of nitrogens with one attached hydrogen (secondary N) is 2. The van der Waals surface area contributed by atoms with E-state index in [-0.39, 0.29) is 0 Å². The van der Waals surface area contributed by atoms with Crippen LogP contribution < -0.4 is 15.4 Å². The molecule has 7 nitrogen and oxygen atoms in total. The van der Waals surface area contributed by atoms with Gasteiger partial charge in [0.05, 0.1) is 13.2 Å². The average molecular weight is 404 g/mol. The van der Waals surface area contributed by atoms with Crippen molar-refractivity contribution in [3.8, 4) is 5.88 Å². The van der Waals surface area contributed by atoms with Gasteiger partial charge in [0.25, 0.3) is 0 Å². The normalized spacial score (nSPS) is 20.1. The quantitative estimate of drug-likeness (QED) is 0.513. The molecule has 2 fully saturated rings. The number of guanidine groups is 1. The number of rotatable bonds is 8. The smallest absolute Gasteiger partial charge is 0.213 e. The maximum absolute atomic E-state index is 6.02. The summed E-state index contributed by atoms with van der Waals surface area (Å²) < 4.78 is 11.5. The summed E-state index contributed by atoms with van der Waals surface area (Å²) in [5.74, 6) is 2.11. The first kappa shape index (κ1) is 21.8. The molecule has 162 valence electrons. The first-order valence-electron chi connectivity index (χ1n) is 11.0. The maximum Gasteiger partial charge on any atom is 0.213 e. The highest BCUT2D eigenvalue weighted by Crippen LogP contribution is 2.23. The largest absolute Gasteiger partial charge is 0.474 e. The van der Waals surface area contributed by atoms with Crippen LogP contribution in [-0.4, -0.2) is 67.9 Å². The average Bonchev–Trinajstić information content (AvgIpc) is 3.24. The molecule has 29 heavy (non-hydrogen) atoms. The number of pyridine rings is 1. The number of hydrogen-bond acceptors (Lipinski definition) is 5. The minimum Gasteiger partial charge on any atom is -0.474 e. The van der Waals surface area contributed by atoms with E-state index in [1.54, 1.807) is 0 Å². The van der Waals surface area contributed by atoms with Crippen molar-refractivity contribution in [3.63, 3.8) is 0 Å². The Morgan fingerprint density at radius 2 is 2.03 bits per heavy atom. The van der Waals surface area contributed by atoms with Gasteiger partial charge >= 0.3 is 0 Å². The third-order valence-corrected chi connectivity index (χ3v) is 5.84. The van der Waals surface area contributed by atoms with Crippen LogP contribution in [0, 0.1) is 5.92 Å². The second kappa shape index (κ2) is 11.4. The van der Waals surface area contributed by atoms with E-state index in [2.05, 4.69) is 39.4 Å². The fourth-order valence-electron chi connectivity index (χ4n) is 4.11. The molecule has 0 aromatic carbocycles. The van der Waals surface area contributed by atoms with Gasteiger partial charge < -0.3 is 20.1 Å². The Morgan fingerprint density at radius 3 is 2.72 bits per heavy atom. The summed E-state index contributed by atoms with van der Waals surface area (Å²) in [4.78, 5) is 11.3. The number of aliphatic imine (C=N–C) groups is 1. The van der Waals surface area contributed by atoms with Gasteiger partial charge in [-0.1, -0.05) is 13.8 Å². The Balaban J connectivity index is 1.48. The molecule has 1 aromatic rings. The second-order valence-electron chi connectivity index (χ2n) is 8.29. The molecule has 1 unspecified atom stereocenters. The highest BCUT2D eigenvalue weighted by molar-refractivity contribution is 5.79. The summed E-state index contributed by atoms with van der Waals surface area (Å²) in [7, 11) is 1.82. The molecular formula is C22H37N5O2. The van der Waals surface area contributed by atoms with Crippen LogP contribution in [0.5, 0.6) is 5.88 Å². The summed E-state index contributed by atoms with van der Waals surface area (Å²) in [6, 6.07) is 4.51. The summed E-state index contributed by atoms with van der Waals surface area (Å²) in [6.07, 6.45) is 6.95. The van der Waals surface area contributed by atoms with Crippen LogP contribution in [0.25, 0.3) is 0 Å². The van der Waals surface area contributed by atoms with Gasteiger partial charge in [0, 0.05) is 51.5 Å². The molecule has 0 spiro atoms. The first-order chi connectivity index (χ1) is 14.2. The van der Waals surface area contributed by atoms with Gasteiger partial charge in [-0.05, 0) is 43.2 Å². The number of morpholine rings is 1. The van der Waals surface area contributed by atoms with Crippen LogP contribution in [0.2, 0.25) is 0 Å². The van der Waals surface area contributed by atoms with E-state index in [4.69, 9.17) is 9.47 Å². The summed E-state index contributed by atoms with van der Waals surface area (Å²) in [5.41, 5.74) is 1.14. The third kappa shape index (κ3) is 6.85. The molecule has 1 atom stereocenters. The van der Waals surface area contributed by atoms with E-state index in [0.717, 1.165) is 63.1 Å².